The molecule has 0 atom stereocenters. The molecule has 0 spiro atoms. The molecule has 0 bridgehead atoms. The molecular weight excluding hydrogens is 328 g/mol. The summed E-state index contributed by atoms with van der Waals surface area (Å²) in [6.07, 6.45) is 0. The van der Waals surface area contributed by atoms with Gasteiger partial charge in [-0.05, 0) is 36.4 Å². The number of piperazine rings is 1. The number of hydrogen-bond acceptors (Lipinski definition) is 5. The van der Waals surface area contributed by atoms with Gasteiger partial charge in [-0.25, -0.2) is 4.79 Å². The lowest BCUT2D eigenvalue weighted by Crippen LogP contribution is -2.43. The number of carbonyl (C=O) groups is 1. The topological polar surface area (TPSA) is 42.0 Å². The van der Waals surface area contributed by atoms with Gasteiger partial charge >= 0.3 is 5.97 Å². The second-order valence-electron chi connectivity index (χ2n) is 6.68. The van der Waals surface area contributed by atoms with Crippen molar-refractivity contribution in [2.24, 2.45) is 0 Å². The van der Waals surface area contributed by atoms with Crippen molar-refractivity contribution in [3.63, 3.8) is 0 Å². The van der Waals surface area contributed by atoms with E-state index in [1.165, 1.54) is 12.7 Å². The largest absolute Gasteiger partial charge is 0.496 e. The average Bonchev–Trinajstić information content (AvgIpc) is 2.69. The first-order chi connectivity index (χ1) is 12.6. The average molecular weight is 354 g/mol. The summed E-state index contributed by atoms with van der Waals surface area (Å²) in [5, 5.41) is 0. The highest BCUT2D eigenvalue weighted by Crippen LogP contribution is 2.31. The maximum absolute atomic E-state index is 11.6. The summed E-state index contributed by atoms with van der Waals surface area (Å²) in [7, 11) is 5.25. The second kappa shape index (κ2) is 8.34. The highest BCUT2D eigenvalue weighted by atomic mass is 16.5. The lowest BCUT2D eigenvalue weighted by atomic mass is 10.0. The van der Waals surface area contributed by atoms with Crippen molar-refractivity contribution < 1.29 is 14.3 Å². The molecular formula is C21H26N2O3. The van der Waals surface area contributed by atoms with E-state index in [9.17, 15) is 4.79 Å². The molecule has 0 aliphatic carbocycles. The Labute approximate surface area is 155 Å². The number of nitrogens with zero attached hydrogens (tertiary/aromatic N) is 2. The fourth-order valence-corrected chi connectivity index (χ4v) is 3.24. The molecule has 5 nitrogen and oxygen atoms in total. The van der Waals surface area contributed by atoms with E-state index in [0.29, 0.717) is 5.56 Å². The Bertz CT molecular complexity index is 750. The molecule has 0 radical (unpaired) electrons. The van der Waals surface area contributed by atoms with Gasteiger partial charge in [-0.15, -0.1) is 0 Å². The summed E-state index contributed by atoms with van der Waals surface area (Å²) in [6, 6.07) is 13.8. The Balaban J connectivity index is 1.77. The Kier molecular flexibility index (Phi) is 5.91. The molecule has 0 N–H and O–H groups in total. The molecule has 0 unspecified atom stereocenters. The molecule has 0 amide bonds. The molecule has 1 saturated heterocycles. The number of likely N-dealkylation sites (N-methyl/N-ethyl adjacent to an activating group) is 1. The fourth-order valence-electron chi connectivity index (χ4n) is 3.24. The first-order valence-electron chi connectivity index (χ1n) is 8.87. The minimum Gasteiger partial charge on any atom is -0.496 e. The zero-order valence-corrected chi connectivity index (χ0v) is 15.7. The van der Waals surface area contributed by atoms with Crippen molar-refractivity contribution in [3.05, 3.63) is 53.6 Å². The van der Waals surface area contributed by atoms with E-state index >= 15 is 0 Å². The zero-order chi connectivity index (χ0) is 18.5. The van der Waals surface area contributed by atoms with Gasteiger partial charge in [-0.3, -0.25) is 4.90 Å². The first kappa shape index (κ1) is 18.4. The van der Waals surface area contributed by atoms with E-state index in [-0.39, 0.29) is 5.97 Å². The third-order valence-electron chi connectivity index (χ3n) is 4.89. The van der Waals surface area contributed by atoms with Crippen LogP contribution in [0.2, 0.25) is 0 Å². The number of hydrogen-bond donors (Lipinski definition) is 0. The van der Waals surface area contributed by atoms with Crippen LogP contribution >= 0.6 is 0 Å². The molecule has 1 fully saturated rings. The fraction of sp³-hybridized carbons (Fsp3) is 0.381. The number of esters is 1. The number of methoxy groups -OCH3 is 2. The lowest BCUT2D eigenvalue weighted by molar-refractivity contribution is 0.0601. The third-order valence-corrected chi connectivity index (χ3v) is 4.89. The molecule has 1 heterocycles. The van der Waals surface area contributed by atoms with Crippen LogP contribution in [-0.2, 0) is 11.3 Å². The van der Waals surface area contributed by atoms with Crippen LogP contribution in [0.4, 0.5) is 0 Å². The minimum absolute atomic E-state index is 0.328. The maximum Gasteiger partial charge on any atom is 0.337 e. The van der Waals surface area contributed by atoms with Crippen LogP contribution in [0.3, 0.4) is 0 Å². The van der Waals surface area contributed by atoms with Gasteiger partial charge in [0.1, 0.15) is 5.75 Å². The van der Waals surface area contributed by atoms with Gasteiger partial charge in [0, 0.05) is 38.3 Å². The number of ether oxygens (including phenoxy) is 2. The van der Waals surface area contributed by atoms with E-state index < -0.39 is 0 Å². The van der Waals surface area contributed by atoms with E-state index in [1.54, 1.807) is 19.2 Å². The van der Waals surface area contributed by atoms with Crippen LogP contribution in [0, 0.1) is 0 Å². The van der Waals surface area contributed by atoms with Crippen molar-refractivity contribution in [1.29, 1.82) is 0 Å². The molecule has 2 aromatic carbocycles. The highest BCUT2D eigenvalue weighted by Gasteiger charge is 2.15. The molecule has 1 aliphatic rings. The summed E-state index contributed by atoms with van der Waals surface area (Å²) in [6.45, 7) is 5.35. The molecule has 3 rings (SSSR count). The summed E-state index contributed by atoms with van der Waals surface area (Å²) in [5.74, 6) is 0.522. The number of rotatable bonds is 5. The molecule has 2 aromatic rings. The van der Waals surface area contributed by atoms with Crippen molar-refractivity contribution >= 4 is 5.97 Å². The van der Waals surface area contributed by atoms with Crippen LogP contribution < -0.4 is 4.74 Å². The van der Waals surface area contributed by atoms with Crippen LogP contribution in [0.25, 0.3) is 11.1 Å². The summed E-state index contributed by atoms with van der Waals surface area (Å²) >= 11 is 0. The van der Waals surface area contributed by atoms with Crippen molar-refractivity contribution in [2.75, 3.05) is 47.4 Å². The van der Waals surface area contributed by atoms with Gasteiger partial charge in [-0.1, -0.05) is 24.3 Å². The Morgan fingerprint density at radius 3 is 2.31 bits per heavy atom. The number of benzene rings is 2. The van der Waals surface area contributed by atoms with Crippen LogP contribution in [0.15, 0.2) is 42.5 Å². The predicted octanol–water partition coefficient (Wildman–Crippen LogP) is 2.90. The molecule has 1 aliphatic heterocycles. The molecule has 26 heavy (non-hydrogen) atoms. The van der Waals surface area contributed by atoms with E-state index in [0.717, 1.165) is 49.6 Å². The van der Waals surface area contributed by atoms with Gasteiger partial charge in [0.25, 0.3) is 0 Å². The predicted molar refractivity (Wildman–Crippen MR) is 103 cm³/mol. The van der Waals surface area contributed by atoms with Crippen LogP contribution in [0.1, 0.15) is 15.9 Å². The molecule has 0 saturated carbocycles. The Morgan fingerprint density at radius 1 is 1.00 bits per heavy atom. The smallest absolute Gasteiger partial charge is 0.337 e. The molecule has 0 aromatic heterocycles. The van der Waals surface area contributed by atoms with Gasteiger partial charge in [0.05, 0.1) is 19.8 Å². The molecule has 138 valence electrons. The summed E-state index contributed by atoms with van der Waals surface area (Å²) < 4.78 is 10.4. The quantitative estimate of drug-likeness (QED) is 0.773. The third kappa shape index (κ3) is 4.23. The minimum atomic E-state index is -0.328. The number of carbonyl (C=O) groups excluding carboxylic acids is 1. The van der Waals surface area contributed by atoms with Gasteiger partial charge in [0.15, 0.2) is 0 Å². The van der Waals surface area contributed by atoms with E-state index in [1.807, 2.05) is 12.1 Å². The van der Waals surface area contributed by atoms with Crippen molar-refractivity contribution in [2.45, 2.75) is 6.54 Å². The summed E-state index contributed by atoms with van der Waals surface area (Å²) in [5.41, 5.74) is 3.83. The highest BCUT2D eigenvalue weighted by molar-refractivity contribution is 5.90. The van der Waals surface area contributed by atoms with Crippen LogP contribution in [0.5, 0.6) is 5.75 Å². The molecule has 5 heteroatoms. The van der Waals surface area contributed by atoms with Gasteiger partial charge < -0.3 is 14.4 Å². The lowest BCUT2D eigenvalue weighted by Gasteiger charge is -2.32. The first-order valence-corrected chi connectivity index (χ1v) is 8.87. The SMILES string of the molecule is COC(=O)c1ccc(-c2ccc(CN3CCN(C)CC3)cc2OC)cc1. The van der Waals surface area contributed by atoms with Crippen molar-refractivity contribution in [3.8, 4) is 16.9 Å². The normalized spacial score (nSPS) is 15.7. The summed E-state index contributed by atoms with van der Waals surface area (Å²) in [4.78, 5) is 16.4. The van der Waals surface area contributed by atoms with Gasteiger partial charge in [0.2, 0.25) is 0 Å². The second-order valence-corrected chi connectivity index (χ2v) is 6.68. The maximum atomic E-state index is 11.6. The Morgan fingerprint density at radius 2 is 1.69 bits per heavy atom. The monoisotopic (exact) mass is 354 g/mol. The van der Waals surface area contributed by atoms with Crippen molar-refractivity contribution in [1.82, 2.24) is 9.80 Å². The zero-order valence-electron chi connectivity index (χ0n) is 15.7. The van der Waals surface area contributed by atoms with E-state index in [2.05, 4.69) is 35.0 Å². The van der Waals surface area contributed by atoms with Crippen LogP contribution in [-0.4, -0.2) is 63.2 Å². The van der Waals surface area contributed by atoms with E-state index in [4.69, 9.17) is 9.47 Å². The van der Waals surface area contributed by atoms with Gasteiger partial charge in [-0.2, -0.15) is 0 Å². The Hall–Kier alpha value is -2.37. The standard InChI is InChI=1S/C21H26N2O3/c1-22-10-12-23(13-11-22)15-16-4-9-19(20(14-16)25-2)17-5-7-18(8-6-17)21(24)26-3/h4-9,14H,10-13,15H2,1-3H3.